The van der Waals surface area contributed by atoms with E-state index < -0.39 is 0 Å². The lowest BCUT2D eigenvalue weighted by Gasteiger charge is -2.35. The molecule has 1 fully saturated rings. The number of amides is 1. The highest BCUT2D eigenvalue weighted by molar-refractivity contribution is 5.78. The molecule has 1 heterocycles. The molecule has 0 spiro atoms. The van der Waals surface area contributed by atoms with Crippen LogP contribution >= 0.6 is 0 Å². The van der Waals surface area contributed by atoms with Gasteiger partial charge >= 0.3 is 0 Å². The first-order valence-corrected chi connectivity index (χ1v) is 4.33. The van der Waals surface area contributed by atoms with Crippen molar-refractivity contribution in [2.45, 2.75) is 13.0 Å². The molecule has 1 unspecified atom stereocenters. The van der Waals surface area contributed by atoms with E-state index in [9.17, 15) is 4.79 Å². The summed E-state index contributed by atoms with van der Waals surface area (Å²) in [6.07, 6.45) is 0. The molecule has 1 saturated heterocycles. The number of rotatable bonds is 2. The summed E-state index contributed by atoms with van der Waals surface area (Å²) in [6.45, 7) is 4.97. The van der Waals surface area contributed by atoms with Gasteiger partial charge in [-0.05, 0) is 6.92 Å². The largest absolute Gasteiger partial charge is 0.343 e. The molecule has 70 valence electrons. The molecule has 0 aromatic heterocycles. The van der Waals surface area contributed by atoms with Crippen LogP contribution in [-0.2, 0) is 4.79 Å². The van der Waals surface area contributed by atoms with Crippen LogP contribution in [0.1, 0.15) is 6.92 Å². The minimum absolute atomic E-state index is 0.196. The Labute approximate surface area is 73.3 Å². The van der Waals surface area contributed by atoms with Crippen molar-refractivity contribution in [1.29, 1.82) is 0 Å². The third-order valence-electron chi connectivity index (χ3n) is 2.45. The Bertz CT molecular complexity index is 172. The van der Waals surface area contributed by atoms with Crippen molar-refractivity contribution in [3.63, 3.8) is 0 Å². The normalized spacial score (nSPS) is 22.9. The van der Waals surface area contributed by atoms with E-state index in [1.165, 1.54) is 0 Å². The summed E-state index contributed by atoms with van der Waals surface area (Å²) in [4.78, 5) is 15.2. The summed E-state index contributed by atoms with van der Waals surface area (Å²) in [6, 6.07) is 0.322. The van der Waals surface area contributed by atoms with Gasteiger partial charge in [0.05, 0.1) is 6.54 Å². The van der Waals surface area contributed by atoms with Crippen molar-refractivity contribution < 1.29 is 4.79 Å². The molecule has 1 aliphatic rings. The van der Waals surface area contributed by atoms with E-state index in [2.05, 4.69) is 11.8 Å². The zero-order valence-electron chi connectivity index (χ0n) is 7.79. The van der Waals surface area contributed by atoms with Gasteiger partial charge in [-0.1, -0.05) is 0 Å². The first-order valence-electron chi connectivity index (χ1n) is 4.33. The summed E-state index contributed by atoms with van der Waals surface area (Å²) in [7, 11) is 1.84. The molecule has 1 aliphatic heterocycles. The maximum Gasteiger partial charge on any atom is 0.236 e. The topological polar surface area (TPSA) is 49.6 Å². The zero-order valence-corrected chi connectivity index (χ0v) is 7.79. The van der Waals surface area contributed by atoms with E-state index >= 15 is 0 Å². The van der Waals surface area contributed by atoms with E-state index in [1.807, 2.05) is 7.05 Å². The van der Waals surface area contributed by atoms with E-state index in [0.29, 0.717) is 19.1 Å². The van der Waals surface area contributed by atoms with E-state index in [0.717, 1.165) is 13.1 Å². The Morgan fingerprint density at radius 3 is 2.75 bits per heavy atom. The van der Waals surface area contributed by atoms with Crippen LogP contribution in [0.15, 0.2) is 0 Å². The van der Waals surface area contributed by atoms with Crippen LogP contribution in [-0.4, -0.2) is 55.0 Å². The van der Waals surface area contributed by atoms with E-state index in [4.69, 9.17) is 5.73 Å². The molecular formula is C8H17N3O. The Hall–Kier alpha value is -0.610. The van der Waals surface area contributed by atoms with Crippen molar-refractivity contribution >= 4 is 5.91 Å². The number of carbonyl (C=O) groups is 1. The molecule has 0 aromatic carbocycles. The second-order valence-electron chi connectivity index (χ2n) is 3.37. The molecule has 4 heteroatoms. The first-order chi connectivity index (χ1) is 5.65. The van der Waals surface area contributed by atoms with Gasteiger partial charge in [-0.2, -0.15) is 0 Å². The minimum atomic E-state index is 0.196. The molecule has 0 radical (unpaired) electrons. The minimum Gasteiger partial charge on any atom is -0.343 e. The van der Waals surface area contributed by atoms with Crippen LogP contribution < -0.4 is 5.73 Å². The van der Waals surface area contributed by atoms with Crippen LogP contribution in [0.5, 0.6) is 0 Å². The van der Waals surface area contributed by atoms with Crippen molar-refractivity contribution in [3.8, 4) is 0 Å². The smallest absolute Gasteiger partial charge is 0.236 e. The molecule has 0 bridgehead atoms. The number of nitrogens with two attached hydrogens (primary N) is 1. The number of nitrogens with zero attached hydrogens (tertiary/aromatic N) is 2. The molecular weight excluding hydrogens is 154 g/mol. The van der Waals surface area contributed by atoms with E-state index in [1.54, 1.807) is 4.90 Å². The second-order valence-corrected chi connectivity index (χ2v) is 3.37. The van der Waals surface area contributed by atoms with Gasteiger partial charge in [0.15, 0.2) is 0 Å². The van der Waals surface area contributed by atoms with Gasteiger partial charge in [0.2, 0.25) is 5.91 Å². The monoisotopic (exact) mass is 171 g/mol. The van der Waals surface area contributed by atoms with Crippen LogP contribution in [0.3, 0.4) is 0 Å². The average molecular weight is 171 g/mol. The Morgan fingerprint density at radius 1 is 1.58 bits per heavy atom. The average Bonchev–Trinajstić information content (AvgIpc) is 2.08. The molecule has 1 amide bonds. The fraction of sp³-hybridized carbons (Fsp3) is 0.875. The van der Waals surface area contributed by atoms with E-state index in [-0.39, 0.29) is 5.91 Å². The molecule has 1 atom stereocenters. The maximum atomic E-state index is 11.3. The summed E-state index contributed by atoms with van der Waals surface area (Å²) in [5.41, 5.74) is 5.52. The highest BCUT2D eigenvalue weighted by Crippen LogP contribution is 2.04. The Morgan fingerprint density at radius 2 is 2.25 bits per heavy atom. The van der Waals surface area contributed by atoms with Crippen molar-refractivity contribution in [1.82, 2.24) is 9.80 Å². The van der Waals surface area contributed by atoms with Gasteiger partial charge in [0.1, 0.15) is 0 Å². The SMILES string of the molecule is CC(CN)N1CCN(C)C(=O)C1. The van der Waals surface area contributed by atoms with Crippen LogP contribution in [0.2, 0.25) is 0 Å². The summed E-state index contributed by atoms with van der Waals surface area (Å²) in [5.74, 6) is 0.196. The van der Waals surface area contributed by atoms with Crippen molar-refractivity contribution in [2.24, 2.45) is 5.73 Å². The lowest BCUT2D eigenvalue weighted by Crippen LogP contribution is -2.53. The first kappa shape index (κ1) is 9.48. The summed E-state index contributed by atoms with van der Waals surface area (Å²) >= 11 is 0. The number of piperazine rings is 1. The number of hydrogen-bond donors (Lipinski definition) is 1. The summed E-state index contributed by atoms with van der Waals surface area (Å²) in [5, 5.41) is 0. The van der Waals surface area contributed by atoms with Crippen LogP contribution in [0.25, 0.3) is 0 Å². The zero-order chi connectivity index (χ0) is 9.14. The Balaban J connectivity index is 2.45. The third kappa shape index (κ3) is 1.95. The molecule has 1 rings (SSSR count). The third-order valence-corrected chi connectivity index (χ3v) is 2.45. The highest BCUT2D eigenvalue weighted by atomic mass is 16.2. The summed E-state index contributed by atoms with van der Waals surface area (Å²) < 4.78 is 0. The van der Waals surface area contributed by atoms with Gasteiger partial charge in [-0.3, -0.25) is 9.69 Å². The van der Waals surface area contributed by atoms with Crippen LogP contribution in [0, 0.1) is 0 Å². The maximum absolute atomic E-state index is 11.3. The van der Waals surface area contributed by atoms with Gasteiger partial charge in [-0.25, -0.2) is 0 Å². The molecule has 12 heavy (non-hydrogen) atoms. The molecule has 4 nitrogen and oxygen atoms in total. The molecule has 0 aromatic rings. The number of carbonyl (C=O) groups excluding carboxylic acids is 1. The van der Waals surface area contributed by atoms with Gasteiger partial charge in [0.25, 0.3) is 0 Å². The predicted octanol–water partition coefficient (Wildman–Crippen LogP) is -0.892. The predicted molar refractivity (Wildman–Crippen MR) is 47.7 cm³/mol. The van der Waals surface area contributed by atoms with Gasteiger partial charge in [0, 0.05) is 32.7 Å². The van der Waals surface area contributed by atoms with Crippen LogP contribution in [0.4, 0.5) is 0 Å². The van der Waals surface area contributed by atoms with Crippen molar-refractivity contribution in [2.75, 3.05) is 33.2 Å². The number of hydrogen-bond acceptors (Lipinski definition) is 3. The molecule has 0 aliphatic carbocycles. The highest BCUT2D eigenvalue weighted by Gasteiger charge is 2.23. The quantitative estimate of drug-likeness (QED) is 0.586. The lowest BCUT2D eigenvalue weighted by atomic mass is 10.2. The second kappa shape index (κ2) is 3.87. The standard InChI is InChI=1S/C8H17N3O/c1-7(5-9)11-4-3-10(2)8(12)6-11/h7H,3-6,9H2,1-2H3. The molecule has 2 N–H and O–H groups in total. The number of likely N-dealkylation sites (N-methyl/N-ethyl adjacent to an activating group) is 1. The van der Waals surface area contributed by atoms with Gasteiger partial charge in [-0.15, -0.1) is 0 Å². The van der Waals surface area contributed by atoms with Gasteiger partial charge < -0.3 is 10.6 Å². The fourth-order valence-electron chi connectivity index (χ4n) is 1.30. The van der Waals surface area contributed by atoms with Crippen molar-refractivity contribution in [3.05, 3.63) is 0 Å². The Kier molecular flexibility index (Phi) is 3.05. The lowest BCUT2D eigenvalue weighted by molar-refractivity contribution is -0.135. The fourth-order valence-corrected chi connectivity index (χ4v) is 1.30. The molecule has 0 saturated carbocycles.